The van der Waals surface area contributed by atoms with Crippen LogP contribution in [-0.2, 0) is 9.59 Å². The summed E-state index contributed by atoms with van der Waals surface area (Å²) in [4.78, 5) is 45.2. The third-order valence-corrected chi connectivity index (χ3v) is 10.00. The first-order chi connectivity index (χ1) is 22.2. The Morgan fingerprint density at radius 3 is 2.30 bits per heavy atom. The summed E-state index contributed by atoms with van der Waals surface area (Å²) in [6.07, 6.45) is 6.44. The molecule has 8 nitrogen and oxygen atoms in total. The first kappa shape index (κ1) is 35.8. The van der Waals surface area contributed by atoms with Crippen LogP contribution in [0.5, 0.6) is 0 Å². The highest BCUT2D eigenvalue weighted by molar-refractivity contribution is 6.47. The monoisotopic (exact) mass is 640 g/mol. The third kappa shape index (κ3) is 8.09. The minimum Gasteiger partial charge on any atom is -0.481 e. The van der Waals surface area contributed by atoms with Crippen molar-refractivity contribution in [2.24, 2.45) is 16.3 Å². The van der Waals surface area contributed by atoms with Crippen molar-refractivity contribution in [2.75, 3.05) is 6.54 Å². The second kappa shape index (κ2) is 14.8. The SMILES string of the molecule is CCCC/C(C)=C(\C(C)=N)c1cccc(C2=NC3(CCC(C(C)(C)C)CC3)N(C(C)c3ccc(C(=O)NCCC(=O)O)cc3)C2=O)c1. The van der Waals surface area contributed by atoms with Crippen molar-refractivity contribution in [1.29, 1.82) is 5.41 Å². The van der Waals surface area contributed by atoms with Crippen molar-refractivity contribution >= 4 is 34.8 Å². The number of allylic oxidation sites excluding steroid dienone is 2. The molecule has 8 heteroatoms. The smallest absolute Gasteiger partial charge is 0.305 e. The van der Waals surface area contributed by atoms with E-state index in [-0.39, 0.29) is 36.2 Å². The molecule has 1 saturated carbocycles. The van der Waals surface area contributed by atoms with E-state index in [1.165, 1.54) is 5.57 Å². The van der Waals surface area contributed by atoms with Crippen LogP contribution in [0.4, 0.5) is 0 Å². The average Bonchev–Trinajstić information content (AvgIpc) is 3.30. The van der Waals surface area contributed by atoms with Gasteiger partial charge in [0.1, 0.15) is 11.4 Å². The maximum Gasteiger partial charge on any atom is 0.305 e. The van der Waals surface area contributed by atoms with Crippen molar-refractivity contribution in [2.45, 2.75) is 112 Å². The Hall–Kier alpha value is -4.07. The van der Waals surface area contributed by atoms with Crippen LogP contribution in [-0.4, -0.2) is 51.4 Å². The summed E-state index contributed by atoms with van der Waals surface area (Å²) in [5.74, 6) is -0.855. The number of benzene rings is 2. The first-order valence-corrected chi connectivity index (χ1v) is 17.1. The Labute approximate surface area is 280 Å². The highest BCUT2D eigenvalue weighted by Gasteiger charge is 2.52. The molecule has 2 amide bonds. The topological polar surface area (TPSA) is 123 Å². The van der Waals surface area contributed by atoms with Gasteiger partial charge in [0.05, 0.1) is 12.5 Å². The fraction of sp³-hybridized carbons (Fsp3) is 0.513. The van der Waals surface area contributed by atoms with E-state index in [4.69, 9.17) is 15.5 Å². The lowest BCUT2D eigenvalue weighted by Crippen LogP contribution is -2.50. The Balaban J connectivity index is 1.69. The van der Waals surface area contributed by atoms with Crippen LogP contribution in [0.25, 0.3) is 5.57 Å². The summed E-state index contributed by atoms with van der Waals surface area (Å²) in [6.45, 7) is 15.0. The molecule has 1 aliphatic heterocycles. The van der Waals surface area contributed by atoms with E-state index in [0.29, 0.717) is 22.9 Å². The molecule has 2 aromatic carbocycles. The molecule has 1 aliphatic carbocycles. The van der Waals surface area contributed by atoms with Gasteiger partial charge in [0.25, 0.3) is 11.8 Å². The summed E-state index contributed by atoms with van der Waals surface area (Å²) in [5.41, 5.74) is 5.66. The van der Waals surface area contributed by atoms with E-state index in [9.17, 15) is 14.4 Å². The van der Waals surface area contributed by atoms with Gasteiger partial charge >= 0.3 is 5.97 Å². The molecule has 1 unspecified atom stereocenters. The van der Waals surface area contributed by atoms with Gasteiger partial charge in [-0.2, -0.15) is 0 Å². The molecule has 2 aliphatic rings. The Kier molecular flexibility index (Phi) is 11.3. The van der Waals surface area contributed by atoms with Gasteiger partial charge in [-0.3, -0.25) is 19.4 Å². The number of nitrogens with zero attached hydrogens (tertiary/aromatic N) is 2. The number of nitrogens with one attached hydrogen (secondary N) is 2. The second-order valence-corrected chi connectivity index (χ2v) is 14.4. The fourth-order valence-electron chi connectivity index (χ4n) is 7.26. The summed E-state index contributed by atoms with van der Waals surface area (Å²) >= 11 is 0. The Bertz CT molecular complexity index is 1560. The van der Waals surface area contributed by atoms with Gasteiger partial charge in [-0.25, -0.2) is 0 Å². The van der Waals surface area contributed by atoms with Gasteiger partial charge in [-0.15, -0.1) is 0 Å². The zero-order valence-corrected chi connectivity index (χ0v) is 29.2. The summed E-state index contributed by atoms with van der Waals surface area (Å²) < 4.78 is 0. The van der Waals surface area contributed by atoms with Gasteiger partial charge in [0.2, 0.25) is 0 Å². The fourth-order valence-corrected chi connectivity index (χ4v) is 7.26. The molecule has 0 aromatic heterocycles. The zero-order chi connectivity index (χ0) is 34.5. The highest BCUT2D eigenvalue weighted by atomic mass is 16.4. The van der Waals surface area contributed by atoms with Crippen LogP contribution in [0.15, 0.2) is 59.1 Å². The van der Waals surface area contributed by atoms with Crippen LogP contribution in [0.3, 0.4) is 0 Å². The van der Waals surface area contributed by atoms with Crippen LogP contribution < -0.4 is 5.32 Å². The number of rotatable bonds is 12. The molecule has 47 heavy (non-hydrogen) atoms. The normalized spacial score (nSPS) is 20.9. The van der Waals surface area contributed by atoms with Crippen molar-refractivity contribution in [3.05, 3.63) is 76.4 Å². The van der Waals surface area contributed by atoms with E-state index in [1.54, 1.807) is 12.1 Å². The van der Waals surface area contributed by atoms with Gasteiger partial charge < -0.3 is 20.7 Å². The first-order valence-electron chi connectivity index (χ1n) is 17.1. The lowest BCUT2D eigenvalue weighted by Gasteiger charge is -2.46. The minimum absolute atomic E-state index is 0.0585. The van der Waals surface area contributed by atoms with Gasteiger partial charge in [-0.05, 0) is 100.0 Å². The van der Waals surface area contributed by atoms with Crippen molar-refractivity contribution in [3.63, 3.8) is 0 Å². The maximum atomic E-state index is 14.5. The number of unbranched alkanes of at least 4 members (excludes halogenated alkanes) is 1. The van der Waals surface area contributed by atoms with Crippen LogP contribution >= 0.6 is 0 Å². The van der Waals surface area contributed by atoms with Crippen molar-refractivity contribution in [3.8, 4) is 0 Å². The average molecular weight is 641 g/mol. The molecule has 1 spiro atoms. The lowest BCUT2D eigenvalue weighted by molar-refractivity contribution is -0.137. The molecule has 2 aromatic rings. The molecule has 4 rings (SSSR count). The number of amides is 2. The Morgan fingerprint density at radius 1 is 1.06 bits per heavy atom. The second-order valence-electron chi connectivity index (χ2n) is 14.4. The third-order valence-electron chi connectivity index (χ3n) is 10.00. The standard InChI is InChI=1S/C39H52N4O4/c1-8-9-11-25(2)34(26(3)40)30-12-10-13-31(24-30)35-37(47)43(39(42-35)21-18-32(19-22-39)38(5,6)7)27(4)28-14-16-29(17-15-28)36(46)41-23-20-33(44)45/h10,12-17,24,27,32,40H,8-9,11,18-23H2,1-7H3,(H,41,46)(H,44,45)/b34-25+,40-26?. The molecular formula is C39H52N4O4. The highest BCUT2D eigenvalue weighted by Crippen LogP contribution is 2.49. The van der Waals surface area contributed by atoms with Gasteiger partial charge in [0, 0.05) is 29.0 Å². The number of carbonyl (C=O) groups is 3. The van der Waals surface area contributed by atoms with Crippen molar-refractivity contribution < 1.29 is 19.5 Å². The minimum atomic E-state index is -0.965. The van der Waals surface area contributed by atoms with Crippen LogP contribution in [0, 0.1) is 16.7 Å². The van der Waals surface area contributed by atoms with Gasteiger partial charge in [0.15, 0.2) is 0 Å². The van der Waals surface area contributed by atoms with E-state index in [2.05, 4.69) is 39.9 Å². The molecule has 252 valence electrons. The number of hydrogen-bond donors (Lipinski definition) is 3. The number of hydrogen-bond acceptors (Lipinski definition) is 5. The van der Waals surface area contributed by atoms with E-state index < -0.39 is 11.6 Å². The molecule has 0 bridgehead atoms. The largest absolute Gasteiger partial charge is 0.481 e. The number of aliphatic carboxylic acids is 1. The summed E-state index contributed by atoms with van der Waals surface area (Å²) in [6, 6.07) is 14.9. The zero-order valence-electron chi connectivity index (χ0n) is 29.2. The summed E-state index contributed by atoms with van der Waals surface area (Å²) in [5, 5.41) is 20.1. The molecule has 0 saturated heterocycles. The molecule has 0 radical (unpaired) electrons. The number of carboxylic acid groups (broad SMARTS) is 1. The molecule has 1 atom stereocenters. The van der Waals surface area contributed by atoms with E-state index >= 15 is 0 Å². The number of carbonyl (C=O) groups excluding carboxylic acids is 2. The van der Waals surface area contributed by atoms with Gasteiger partial charge in [-0.1, -0.05) is 70.0 Å². The van der Waals surface area contributed by atoms with Crippen LogP contribution in [0.2, 0.25) is 0 Å². The van der Waals surface area contributed by atoms with E-state index in [0.717, 1.165) is 67.2 Å². The van der Waals surface area contributed by atoms with Crippen molar-refractivity contribution in [1.82, 2.24) is 10.2 Å². The summed E-state index contributed by atoms with van der Waals surface area (Å²) in [7, 11) is 0. The van der Waals surface area contributed by atoms with Crippen LogP contribution in [0.1, 0.15) is 133 Å². The molecule has 3 N–H and O–H groups in total. The molecule has 1 fully saturated rings. The Morgan fingerprint density at radius 2 is 1.72 bits per heavy atom. The molecule has 1 heterocycles. The lowest BCUT2D eigenvalue weighted by atomic mass is 9.69. The predicted molar refractivity (Wildman–Crippen MR) is 189 cm³/mol. The number of carboxylic acids is 1. The maximum absolute atomic E-state index is 14.5. The van der Waals surface area contributed by atoms with E-state index in [1.807, 2.05) is 55.1 Å². The predicted octanol–water partition coefficient (Wildman–Crippen LogP) is 8.22. The number of aliphatic imine (C=N–C) groups is 1. The molecular weight excluding hydrogens is 588 g/mol. The quantitative estimate of drug-likeness (QED) is 0.202.